The number of anilines is 1. The third-order valence-corrected chi connectivity index (χ3v) is 1.41. The highest BCUT2D eigenvalue weighted by atomic mass is 19.2. The number of benzene rings is 1. The van der Waals surface area contributed by atoms with Gasteiger partial charge in [-0.15, -0.1) is 4.48 Å². The zero-order valence-corrected chi connectivity index (χ0v) is 8.10. The van der Waals surface area contributed by atoms with Gasteiger partial charge in [-0.05, 0) is 32.9 Å². The van der Waals surface area contributed by atoms with Crippen molar-refractivity contribution in [2.24, 2.45) is 0 Å². The van der Waals surface area contributed by atoms with Crippen LogP contribution in [-0.2, 0) is 0 Å². The number of nitrogens with one attached hydrogen (secondary N) is 1. The van der Waals surface area contributed by atoms with Crippen molar-refractivity contribution in [1.82, 2.24) is 0 Å². The van der Waals surface area contributed by atoms with Crippen molar-refractivity contribution in [3.8, 4) is 5.75 Å². The number of ether oxygens (including phenoxy) is 1. The van der Waals surface area contributed by atoms with Crippen LogP contribution in [0.2, 0.25) is 0 Å². The highest BCUT2D eigenvalue weighted by molar-refractivity contribution is 5.54. The molecule has 0 atom stereocenters. The van der Waals surface area contributed by atoms with E-state index in [0.29, 0.717) is 11.4 Å². The molecule has 0 aliphatic heterocycles. The Bertz CT molecular complexity index is 280. The van der Waals surface area contributed by atoms with Crippen LogP contribution in [-0.4, -0.2) is 5.60 Å². The van der Waals surface area contributed by atoms with Gasteiger partial charge in [-0.2, -0.15) is 0 Å². The Kier molecular flexibility index (Phi) is 2.76. The lowest BCUT2D eigenvalue weighted by molar-refractivity contribution is 0.131. The summed E-state index contributed by atoms with van der Waals surface area (Å²) in [5.74, 6) is 0.525. The first-order chi connectivity index (χ1) is 6.03. The van der Waals surface area contributed by atoms with Crippen molar-refractivity contribution < 1.29 is 9.22 Å². The zero-order valence-electron chi connectivity index (χ0n) is 8.10. The first-order valence-corrected chi connectivity index (χ1v) is 4.17. The summed E-state index contributed by atoms with van der Waals surface area (Å²) >= 11 is 0. The molecular formula is C10H14FNO. The first kappa shape index (κ1) is 9.84. The number of para-hydroxylation sites is 2. The summed E-state index contributed by atoms with van der Waals surface area (Å²) in [5, 5.41) is 0. The molecule has 0 saturated carbocycles. The molecule has 2 nitrogen and oxygen atoms in total. The van der Waals surface area contributed by atoms with E-state index >= 15 is 0 Å². The molecule has 1 N–H and O–H groups in total. The maximum absolute atomic E-state index is 12.2. The maximum atomic E-state index is 12.2. The summed E-state index contributed by atoms with van der Waals surface area (Å²) in [6.45, 7) is 5.76. The summed E-state index contributed by atoms with van der Waals surface area (Å²) in [5.41, 5.74) is 1.64. The standard InChI is InChI=1S/C10H14FNO/c1-10(2,3)13-9-7-5-4-6-8(9)12-11/h4-7,12H,1-3H3. The molecule has 0 heterocycles. The zero-order chi connectivity index (χ0) is 9.90. The fourth-order valence-electron chi connectivity index (χ4n) is 0.964. The highest BCUT2D eigenvalue weighted by Crippen LogP contribution is 2.27. The van der Waals surface area contributed by atoms with Gasteiger partial charge >= 0.3 is 0 Å². The van der Waals surface area contributed by atoms with Gasteiger partial charge in [0.25, 0.3) is 0 Å². The summed E-state index contributed by atoms with van der Waals surface area (Å²) in [7, 11) is 0. The van der Waals surface area contributed by atoms with E-state index in [9.17, 15) is 4.48 Å². The summed E-state index contributed by atoms with van der Waals surface area (Å²) in [6.07, 6.45) is 0. The van der Waals surface area contributed by atoms with Gasteiger partial charge in [-0.25, -0.2) is 5.54 Å². The second-order valence-corrected chi connectivity index (χ2v) is 3.81. The van der Waals surface area contributed by atoms with Gasteiger partial charge in [-0.1, -0.05) is 12.1 Å². The van der Waals surface area contributed by atoms with Gasteiger partial charge in [0.05, 0.1) is 0 Å². The van der Waals surface area contributed by atoms with Crippen LogP contribution < -0.4 is 10.3 Å². The Morgan fingerprint density at radius 3 is 2.38 bits per heavy atom. The maximum Gasteiger partial charge on any atom is 0.145 e. The van der Waals surface area contributed by atoms with Crippen LogP contribution in [0, 0.1) is 0 Å². The molecule has 0 aliphatic carbocycles. The smallest absolute Gasteiger partial charge is 0.145 e. The topological polar surface area (TPSA) is 21.3 Å². The molecule has 0 aliphatic rings. The average Bonchev–Trinajstić information content (AvgIpc) is 2.02. The second kappa shape index (κ2) is 3.64. The number of halogens is 1. The molecule has 0 bridgehead atoms. The molecule has 72 valence electrons. The van der Waals surface area contributed by atoms with Crippen molar-refractivity contribution in [2.45, 2.75) is 26.4 Å². The highest BCUT2D eigenvalue weighted by Gasteiger charge is 2.13. The second-order valence-electron chi connectivity index (χ2n) is 3.81. The van der Waals surface area contributed by atoms with Crippen LogP contribution in [0.5, 0.6) is 5.75 Å². The molecule has 0 radical (unpaired) electrons. The Hall–Kier alpha value is -1.25. The van der Waals surface area contributed by atoms with Crippen molar-refractivity contribution in [2.75, 3.05) is 5.54 Å². The van der Waals surface area contributed by atoms with E-state index in [0.717, 1.165) is 0 Å². The third kappa shape index (κ3) is 2.93. The molecule has 0 fully saturated rings. The summed E-state index contributed by atoms with van der Waals surface area (Å²) < 4.78 is 17.8. The van der Waals surface area contributed by atoms with Crippen molar-refractivity contribution in [1.29, 1.82) is 0 Å². The van der Waals surface area contributed by atoms with E-state index in [-0.39, 0.29) is 5.60 Å². The van der Waals surface area contributed by atoms with Gasteiger partial charge in [-0.3, -0.25) is 0 Å². The minimum absolute atomic E-state index is 0.313. The van der Waals surface area contributed by atoms with E-state index in [1.165, 1.54) is 0 Å². The molecule has 1 aromatic carbocycles. The number of hydrogen-bond acceptors (Lipinski definition) is 2. The molecule has 13 heavy (non-hydrogen) atoms. The normalized spacial score (nSPS) is 11.1. The quantitative estimate of drug-likeness (QED) is 0.711. The minimum Gasteiger partial charge on any atom is -0.486 e. The lowest BCUT2D eigenvalue weighted by atomic mass is 10.2. The Labute approximate surface area is 77.7 Å². The average molecular weight is 183 g/mol. The monoisotopic (exact) mass is 183 g/mol. The minimum atomic E-state index is -0.313. The fourth-order valence-corrected chi connectivity index (χ4v) is 0.964. The van der Waals surface area contributed by atoms with Crippen molar-refractivity contribution >= 4 is 5.69 Å². The van der Waals surface area contributed by atoms with E-state index in [4.69, 9.17) is 4.74 Å². The van der Waals surface area contributed by atoms with E-state index < -0.39 is 0 Å². The SMILES string of the molecule is CC(C)(C)Oc1ccccc1NF. The molecule has 1 rings (SSSR count). The van der Waals surface area contributed by atoms with Crippen LogP contribution in [0.25, 0.3) is 0 Å². The molecule has 0 unspecified atom stereocenters. The summed E-state index contributed by atoms with van der Waals surface area (Å²) in [4.78, 5) is 0. The van der Waals surface area contributed by atoms with Gasteiger partial charge in [0.15, 0.2) is 0 Å². The van der Waals surface area contributed by atoms with Crippen LogP contribution in [0.1, 0.15) is 20.8 Å². The van der Waals surface area contributed by atoms with E-state index in [1.807, 2.05) is 26.8 Å². The van der Waals surface area contributed by atoms with Gasteiger partial charge < -0.3 is 4.74 Å². The summed E-state index contributed by atoms with van der Waals surface area (Å²) in [6, 6.07) is 6.91. The predicted octanol–water partition coefficient (Wildman–Crippen LogP) is 3.16. The lowest BCUT2D eigenvalue weighted by Gasteiger charge is -2.22. The van der Waals surface area contributed by atoms with Crippen LogP contribution >= 0.6 is 0 Å². The lowest BCUT2D eigenvalue weighted by Crippen LogP contribution is -2.23. The third-order valence-electron chi connectivity index (χ3n) is 1.41. The Balaban J connectivity index is 2.87. The Morgan fingerprint density at radius 2 is 1.85 bits per heavy atom. The van der Waals surface area contributed by atoms with Crippen molar-refractivity contribution in [3.63, 3.8) is 0 Å². The molecule has 0 saturated heterocycles. The van der Waals surface area contributed by atoms with Crippen LogP contribution in [0.4, 0.5) is 10.2 Å². The molecule has 3 heteroatoms. The van der Waals surface area contributed by atoms with Crippen molar-refractivity contribution in [3.05, 3.63) is 24.3 Å². The van der Waals surface area contributed by atoms with Gasteiger partial charge in [0.1, 0.15) is 17.0 Å². The fraction of sp³-hybridized carbons (Fsp3) is 0.400. The predicted molar refractivity (Wildman–Crippen MR) is 51.6 cm³/mol. The van der Waals surface area contributed by atoms with E-state index in [2.05, 4.69) is 0 Å². The molecular weight excluding hydrogens is 169 g/mol. The van der Waals surface area contributed by atoms with E-state index in [1.54, 1.807) is 23.7 Å². The molecule has 0 amide bonds. The van der Waals surface area contributed by atoms with Crippen LogP contribution in [0.15, 0.2) is 24.3 Å². The molecule has 0 aromatic heterocycles. The first-order valence-electron chi connectivity index (χ1n) is 4.17. The molecule has 1 aromatic rings. The Morgan fingerprint density at radius 1 is 1.23 bits per heavy atom. The number of rotatable bonds is 2. The molecule has 0 spiro atoms. The van der Waals surface area contributed by atoms with Crippen LogP contribution in [0.3, 0.4) is 0 Å². The van der Waals surface area contributed by atoms with Gasteiger partial charge in [0, 0.05) is 0 Å². The number of hydrogen-bond donors (Lipinski definition) is 1. The largest absolute Gasteiger partial charge is 0.486 e. The van der Waals surface area contributed by atoms with Gasteiger partial charge in [0.2, 0.25) is 0 Å².